The number of aliphatic hydroxyl groups excluding tert-OH is 1. The van der Waals surface area contributed by atoms with E-state index in [1.165, 1.54) is 0 Å². The molecule has 7 heteroatoms. The molecule has 0 radical (unpaired) electrons. The molecule has 4 rings (SSSR count). The molecule has 172 valence electrons. The predicted molar refractivity (Wildman–Crippen MR) is 132 cm³/mol. The molecule has 1 atom stereocenters. The van der Waals surface area contributed by atoms with Crippen LogP contribution >= 0.6 is 11.6 Å². The highest BCUT2D eigenvalue weighted by atomic mass is 35.5. The number of rotatable bonds is 7. The van der Waals surface area contributed by atoms with Crippen molar-refractivity contribution < 1.29 is 9.84 Å². The first-order valence-electron chi connectivity index (χ1n) is 11.1. The molecule has 0 amide bonds. The highest BCUT2D eigenvalue weighted by molar-refractivity contribution is 6.33. The van der Waals surface area contributed by atoms with Crippen molar-refractivity contribution in [2.75, 3.05) is 37.7 Å². The zero-order chi connectivity index (χ0) is 23.9. The summed E-state index contributed by atoms with van der Waals surface area (Å²) in [4.78, 5) is 4.70. The van der Waals surface area contributed by atoms with Crippen LogP contribution in [0.4, 0.5) is 5.69 Å². The number of aliphatic hydroxyl groups is 1. The molecule has 1 aliphatic rings. The van der Waals surface area contributed by atoms with E-state index in [2.05, 4.69) is 21.9 Å². The first kappa shape index (κ1) is 23.6. The van der Waals surface area contributed by atoms with Crippen LogP contribution in [0.25, 0.3) is 0 Å². The molecule has 1 saturated heterocycles. The monoisotopic (exact) mass is 472 g/mol. The SMILES string of the molecule is N#Cc1ccc(CN2CCN(c3ccc(OCCO)cc3Cl)[C@H](c3ccc(C#N)cc3)C2)cc1. The molecule has 1 heterocycles. The van der Waals surface area contributed by atoms with Crippen molar-refractivity contribution in [2.24, 2.45) is 0 Å². The second-order valence-electron chi connectivity index (χ2n) is 8.17. The van der Waals surface area contributed by atoms with Gasteiger partial charge in [-0.05, 0) is 47.5 Å². The topological polar surface area (TPSA) is 83.5 Å². The number of halogens is 1. The second-order valence-corrected chi connectivity index (χ2v) is 8.58. The van der Waals surface area contributed by atoms with E-state index in [1.807, 2.05) is 60.7 Å². The minimum absolute atomic E-state index is 0.0431. The smallest absolute Gasteiger partial charge is 0.121 e. The van der Waals surface area contributed by atoms with E-state index in [9.17, 15) is 5.26 Å². The highest BCUT2D eigenvalue weighted by Crippen LogP contribution is 2.37. The third-order valence-corrected chi connectivity index (χ3v) is 6.27. The summed E-state index contributed by atoms with van der Waals surface area (Å²) >= 11 is 6.67. The van der Waals surface area contributed by atoms with Crippen LogP contribution in [0, 0.1) is 22.7 Å². The average molecular weight is 473 g/mol. The van der Waals surface area contributed by atoms with Crippen molar-refractivity contribution in [3.05, 3.63) is 94.0 Å². The Morgan fingerprint density at radius 3 is 2.24 bits per heavy atom. The minimum atomic E-state index is -0.0542. The lowest BCUT2D eigenvalue weighted by atomic mass is 9.99. The van der Waals surface area contributed by atoms with Crippen molar-refractivity contribution in [3.63, 3.8) is 0 Å². The molecular weight excluding hydrogens is 448 g/mol. The van der Waals surface area contributed by atoms with Crippen LogP contribution in [0.15, 0.2) is 66.7 Å². The van der Waals surface area contributed by atoms with E-state index >= 15 is 0 Å². The van der Waals surface area contributed by atoms with Crippen molar-refractivity contribution in [3.8, 4) is 17.9 Å². The van der Waals surface area contributed by atoms with Crippen LogP contribution in [0.2, 0.25) is 5.02 Å². The first-order valence-corrected chi connectivity index (χ1v) is 11.5. The Hall–Kier alpha value is -3.55. The van der Waals surface area contributed by atoms with Crippen molar-refractivity contribution in [1.82, 2.24) is 4.90 Å². The standard InChI is InChI=1S/C27H25ClN4O2/c28-25-15-24(34-14-13-33)9-10-26(25)32-12-11-31(18-22-3-1-20(16-29)2-4-22)19-27(32)23-7-5-21(17-30)6-8-23/h1-10,15,27,33H,11-14,18-19H2/t27-/m0/s1. The fraction of sp³-hybridized carbons (Fsp3) is 0.259. The maximum Gasteiger partial charge on any atom is 0.121 e. The molecule has 1 fully saturated rings. The van der Waals surface area contributed by atoms with Gasteiger partial charge in [0, 0.05) is 32.2 Å². The molecule has 6 nitrogen and oxygen atoms in total. The number of anilines is 1. The molecular formula is C27H25ClN4O2. The predicted octanol–water partition coefficient (Wildman–Crippen LogP) is 4.52. The molecule has 3 aromatic rings. The Kier molecular flexibility index (Phi) is 7.67. The first-order chi connectivity index (χ1) is 16.6. The van der Waals surface area contributed by atoms with Gasteiger partial charge in [0.15, 0.2) is 0 Å². The van der Waals surface area contributed by atoms with Crippen LogP contribution in [-0.2, 0) is 6.54 Å². The van der Waals surface area contributed by atoms with E-state index in [1.54, 1.807) is 6.07 Å². The summed E-state index contributed by atoms with van der Waals surface area (Å²) in [5.41, 5.74) is 4.48. The lowest BCUT2D eigenvalue weighted by Crippen LogP contribution is -2.48. The zero-order valence-electron chi connectivity index (χ0n) is 18.7. The van der Waals surface area contributed by atoms with Gasteiger partial charge >= 0.3 is 0 Å². The summed E-state index contributed by atoms with van der Waals surface area (Å²) in [7, 11) is 0. The summed E-state index contributed by atoms with van der Waals surface area (Å²) in [5.74, 6) is 0.622. The van der Waals surface area contributed by atoms with Gasteiger partial charge in [-0.1, -0.05) is 35.9 Å². The number of ether oxygens (including phenoxy) is 1. The van der Waals surface area contributed by atoms with Gasteiger partial charge in [0.05, 0.1) is 46.6 Å². The van der Waals surface area contributed by atoms with Gasteiger partial charge in [0.1, 0.15) is 12.4 Å². The van der Waals surface area contributed by atoms with Crippen LogP contribution in [-0.4, -0.2) is 42.9 Å². The molecule has 0 aliphatic carbocycles. The number of piperazine rings is 1. The van der Waals surface area contributed by atoms with Gasteiger partial charge in [-0.2, -0.15) is 10.5 Å². The van der Waals surface area contributed by atoms with Crippen LogP contribution in [0.5, 0.6) is 5.75 Å². The molecule has 1 N–H and O–H groups in total. The van der Waals surface area contributed by atoms with Gasteiger partial charge in [0.25, 0.3) is 0 Å². The molecule has 0 aromatic heterocycles. The number of nitriles is 2. The van der Waals surface area contributed by atoms with Crippen molar-refractivity contribution >= 4 is 17.3 Å². The van der Waals surface area contributed by atoms with Crippen LogP contribution < -0.4 is 9.64 Å². The molecule has 3 aromatic carbocycles. The third kappa shape index (κ3) is 5.50. The number of nitrogens with zero attached hydrogens (tertiary/aromatic N) is 4. The number of hydrogen-bond acceptors (Lipinski definition) is 6. The van der Waals surface area contributed by atoms with Crippen molar-refractivity contribution in [1.29, 1.82) is 10.5 Å². The lowest BCUT2D eigenvalue weighted by Gasteiger charge is -2.43. The summed E-state index contributed by atoms with van der Waals surface area (Å²) in [5, 5.41) is 27.9. The second kappa shape index (κ2) is 11.0. The highest BCUT2D eigenvalue weighted by Gasteiger charge is 2.30. The molecule has 34 heavy (non-hydrogen) atoms. The summed E-state index contributed by atoms with van der Waals surface area (Å²) in [6.45, 7) is 3.36. The van der Waals surface area contributed by atoms with Gasteiger partial charge in [-0.3, -0.25) is 4.90 Å². The van der Waals surface area contributed by atoms with Gasteiger partial charge < -0.3 is 14.7 Å². The maximum absolute atomic E-state index is 9.20. The maximum atomic E-state index is 9.20. The number of hydrogen-bond donors (Lipinski definition) is 1. The minimum Gasteiger partial charge on any atom is -0.491 e. The van der Waals surface area contributed by atoms with Crippen molar-refractivity contribution in [2.45, 2.75) is 12.6 Å². The molecule has 1 aliphatic heterocycles. The van der Waals surface area contributed by atoms with E-state index in [0.717, 1.165) is 43.0 Å². The summed E-state index contributed by atoms with van der Waals surface area (Å²) < 4.78 is 5.50. The summed E-state index contributed by atoms with van der Waals surface area (Å²) in [6, 6.07) is 25.4. The van der Waals surface area contributed by atoms with Gasteiger partial charge in [-0.25, -0.2) is 0 Å². The summed E-state index contributed by atoms with van der Waals surface area (Å²) in [6.07, 6.45) is 0. The molecule has 0 saturated carbocycles. The fourth-order valence-electron chi connectivity index (χ4n) is 4.25. The Labute approximate surface area is 204 Å². The Balaban J connectivity index is 1.59. The van der Waals surface area contributed by atoms with Crippen LogP contribution in [0.3, 0.4) is 0 Å². The van der Waals surface area contributed by atoms with E-state index < -0.39 is 0 Å². The van der Waals surface area contributed by atoms with E-state index in [4.69, 9.17) is 26.7 Å². The third-order valence-electron chi connectivity index (χ3n) is 5.97. The number of benzene rings is 3. The van der Waals surface area contributed by atoms with Gasteiger partial charge in [0.2, 0.25) is 0 Å². The molecule has 0 bridgehead atoms. The normalized spacial score (nSPS) is 16.0. The largest absolute Gasteiger partial charge is 0.491 e. The molecule has 0 spiro atoms. The average Bonchev–Trinajstić information content (AvgIpc) is 2.88. The quantitative estimate of drug-likeness (QED) is 0.544. The zero-order valence-corrected chi connectivity index (χ0v) is 19.4. The van der Waals surface area contributed by atoms with Crippen LogP contribution in [0.1, 0.15) is 28.3 Å². The molecule has 0 unspecified atom stereocenters. The van der Waals surface area contributed by atoms with E-state index in [-0.39, 0.29) is 19.3 Å². The van der Waals surface area contributed by atoms with Gasteiger partial charge in [-0.15, -0.1) is 0 Å². The van der Waals surface area contributed by atoms with E-state index in [0.29, 0.717) is 21.9 Å². The Morgan fingerprint density at radius 1 is 0.941 bits per heavy atom. The lowest BCUT2D eigenvalue weighted by molar-refractivity contribution is 0.201. The Bertz CT molecular complexity index is 1200. The fourth-order valence-corrected chi connectivity index (χ4v) is 4.53. The Morgan fingerprint density at radius 2 is 1.62 bits per heavy atom.